The molecule has 0 heterocycles. The van der Waals surface area contributed by atoms with Crippen LogP contribution in [-0.4, -0.2) is 14.4 Å². The monoisotopic (exact) mass is 396 g/mol. The molecule has 0 aliphatic carbocycles. The Kier molecular flexibility index (Phi) is 9.13. The third-order valence-electron chi connectivity index (χ3n) is 4.22. The molecule has 2 atom stereocenters. The van der Waals surface area contributed by atoms with Gasteiger partial charge in [0.05, 0.1) is 6.10 Å². The fraction of sp³-hybridized carbons (Fsp3) is 0.875. The summed E-state index contributed by atoms with van der Waals surface area (Å²) >= 11 is 2.31. The van der Waals surface area contributed by atoms with Crippen molar-refractivity contribution in [1.29, 1.82) is 0 Å². The molecule has 0 aliphatic heterocycles. The second-order valence-electron chi connectivity index (χ2n) is 7.22. The summed E-state index contributed by atoms with van der Waals surface area (Å²) in [5.41, 5.74) is 0. The van der Waals surface area contributed by atoms with E-state index in [4.69, 9.17) is 4.43 Å². The molecular formula is C16H33IOSi. The fourth-order valence-electron chi connectivity index (χ4n) is 1.87. The van der Waals surface area contributed by atoms with Gasteiger partial charge < -0.3 is 4.43 Å². The summed E-state index contributed by atoms with van der Waals surface area (Å²) in [6.07, 6.45) is 7.64. The van der Waals surface area contributed by atoms with E-state index < -0.39 is 8.32 Å². The predicted molar refractivity (Wildman–Crippen MR) is 98.5 cm³/mol. The molecule has 0 aromatic heterocycles. The van der Waals surface area contributed by atoms with Crippen molar-refractivity contribution in [3.8, 4) is 0 Å². The summed E-state index contributed by atoms with van der Waals surface area (Å²) in [6, 6.07) is 0. The lowest BCUT2D eigenvalue weighted by atomic mass is 9.98. The first-order valence-corrected chi connectivity index (χ1v) is 11.7. The van der Waals surface area contributed by atoms with E-state index in [-0.39, 0.29) is 5.04 Å². The Hall–Kier alpha value is 0.647. The molecule has 0 radical (unpaired) electrons. The topological polar surface area (TPSA) is 9.23 Å². The van der Waals surface area contributed by atoms with Crippen molar-refractivity contribution in [1.82, 2.24) is 0 Å². The van der Waals surface area contributed by atoms with E-state index in [1.165, 1.54) is 19.3 Å². The van der Waals surface area contributed by atoms with E-state index in [0.717, 1.165) is 12.3 Å². The van der Waals surface area contributed by atoms with E-state index >= 15 is 0 Å². The number of rotatable bonds is 8. The Balaban J connectivity index is 4.58. The van der Waals surface area contributed by atoms with Gasteiger partial charge in [-0.1, -0.05) is 82.5 Å². The van der Waals surface area contributed by atoms with Crippen LogP contribution < -0.4 is 0 Å². The molecule has 0 bridgehead atoms. The van der Waals surface area contributed by atoms with Crippen LogP contribution in [0.1, 0.15) is 60.3 Å². The minimum Gasteiger partial charge on any atom is -0.411 e. The van der Waals surface area contributed by atoms with Crippen molar-refractivity contribution < 1.29 is 4.43 Å². The summed E-state index contributed by atoms with van der Waals surface area (Å²) in [6.45, 7) is 16.2. The van der Waals surface area contributed by atoms with Gasteiger partial charge in [-0.15, -0.1) is 0 Å². The number of unbranched alkanes of at least 4 members (excludes halogenated alkanes) is 1. The lowest BCUT2D eigenvalue weighted by Crippen LogP contribution is -2.43. The molecule has 0 saturated heterocycles. The van der Waals surface area contributed by atoms with Crippen LogP contribution in [0.5, 0.6) is 0 Å². The van der Waals surface area contributed by atoms with Gasteiger partial charge in [0.15, 0.2) is 8.32 Å². The average Bonchev–Trinajstić information content (AvgIpc) is 2.24. The summed E-state index contributed by atoms with van der Waals surface area (Å²) < 4.78 is 8.65. The number of hydrogen-bond acceptors (Lipinski definition) is 1. The van der Waals surface area contributed by atoms with Crippen LogP contribution in [-0.2, 0) is 4.43 Å². The highest BCUT2D eigenvalue weighted by molar-refractivity contribution is 14.1. The molecule has 0 aromatic carbocycles. The second kappa shape index (κ2) is 8.83. The summed E-state index contributed by atoms with van der Waals surface area (Å²) in [5.74, 6) is 0.752. The molecule has 1 unspecified atom stereocenters. The van der Waals surface area contributed by atoms with Gasteiger partial charge in [0.1, 0.15) is 0 Å². The van der Waals surface area contributed by atoms with Gasteiger partial charge in [-0.25, -0.2) is 0 Å². The predicted octanol–water partition coefficient (Wildman–Crippen LogP) is 6.54. The standard InChI is InChI=1S/C16H33IOSi/c1-8-9-10-14(2)13-15(11-12-17)18-19(6,7)16(3,4)5/h11-12,14-15H,8-10,13H2,1-7H3/b12-11+/t14?,15-/m1/s1. The molecule has 0 fully saturated rings. The van der Waals surface area contributed by atoms with Crippen LogP contribution in [0.2, 0.25) is 18.1 Å². The van der Waals surface area contributed by atoms with Gasteiger partial charge in [0.25, 0.3) is 0 Å². The van der Waals surface area contributed by atoms with Gasteiger partial charge in [-0.2, -0.15) is 0 Å². The van der Waals surface area contributed by atoms with E-state index in [0.29, 0.717) is 6.10 Å². The van der Waals surface area contributed by atoms with Gasteiger partial charge in [-0.05, 0) is 34.6 Å². The van der Waals surface area contributed by atoms with Crippen molar-refractivity contribution in [2.75, 3.05) is 0 Å². The first-order chi connectivity index (χ1) is 8.64. The summed E-state index contributed by atoms with van der Waals surface area (Å²) in [7, 11) is -1.66. The second-order valence-corrected chi connectivity index (χ2v) is 12.7. The van der Waals surface area contributed by atoms with Crippen LogP contribution in [0, 0.1) is 5.92 Å². The quantitative estimate of drug-likeness (QED) is 0.334. The molecule has 3 heteroatoms. The van der Waals surface area contributed by atoms with Crippen LogP contribution in [0.25, 0.3) is 0 Å². The van der Waals surface area contributed by atoms with Gasteiger partial charge >= 0.3 is 0 Å². The van der Waals surface area contributed by atoms with Gasteiger partial charge in [0.2, 0.25) is 0 Å². The normalized spacial score (nSPS) is 16.8. The van der Waals surface area contributed by atoms with Gasteiger partial charge in [-0.3, -0.25) is 0 Å². The lowest BCUT2D eigenvalue weighted by Gasteiger charge is -2.39. The molecule has 19 heavy (non-hydrogen) atoms. The van der Waals surface area contributed by atoms with Crippen LogP contribution in [0.4, 0.5) is 0 Å². The SMILES string of the molecule is CCCCC(C)C[C@@H](/C=C/I)O[Si](C)(C)C(C)(C)C. The van der Waals surface area contributed by atoms with E-state index in [9.17, 15) is 0 Å². The smallest absolute Gasteiger partial charge is 0.192 e. The molecule has 0 rings (SSSR count). The maximum atomic E-state index is 6.54. The molecule has 1 nitrogen and oxygen atoms in total. The maximum Gasteiger partial charge on any atom is 0.192 e. The van der Waals surface area contributed by atoms with Crippen molar-refractivity contribution in [2.45, 2.75) is 84.5 Å². The van der Waals surface area contributed by atoms with Crippen LogP contribution >= 0.6 is 22.6 Å². The third kappa shape index (κ3) is 7.86. The largest absolute Gasteiger partial charge is 0.411 e. The Labute approximate surface area is 135 Å². The zero-order chi connectivity index (χ0) is 15.1. The van der Waals surface area contributed by atoms with Gasteiger partial charge in [0, 0.05) is 0 Å². The molecular weight excluding hydrogens is 363 g/mol. The first kappa shape index (κ1) is 19.6. The van der Waals surface area contributed by atoms with E-state index in [2.05, 4.69) is 80.5 Å². The molecule has 114 valence electrons. The van der Waals surface area contributed by atoms with E-state index in [1.54, 1.807) is 0 Å². The van der Waals surface area contributed by atoms with Crippen molar-refractivity contribution >= 4 is 30.9 Å². The Morgan fingerprint density at radius 1 is 1.26 bits per heavy atom. The van der Waals surface area contributed by atoms with Crippen molar-refractivity contribution in [2.24, 2.45) is 5.92 Å². The first-order valence-electron chi connectivity index (χ1n) is 7.58. The van der Waals surface area contributed by atoms with E-state index in [1.807, 2.05) is 0 Å². The Bertz CT molecular complexity index is 268. The minimum atomic E-state index is -1.66. The third-order valence-corrected chi connectivity index (χ3v) is 9.14. The van der Waals surface area contributed by atoms with Crippen molar-refractivity contribution in [3.63, 3.8) is 0 Å². The molecule has 0 spiro atoms. The lowest BCUT2D eigenvalue weighted by molar-refractivity contribution is 0.191. The highest BCUT2D eigenvalue weighted by Crippen LogP contribution is 2.38. The molecule has 0 N–H and O–H groups in total. The maximum absolute atomic E-state index is 6.54. The molecule has 0 aromatic rings. The highest BCUT2D eigenvalue weighted by atomic mass is 127. The molecule has 0 saturated carbocycles. The van der Waals surface area contributed by atoms with Crippen molar-refractivity contribution in [3.05, 3.63) is 10.2 Å². The zero-order valence-electron chi connectivity index (χ0n) is 13.9. The summed E-state index contributed by atoms with van der Waals surface area (Å²) in [5, 5.41) is 0.289. The minimum absolute atomic E-state index is 0.289. The summed E-state index contributed by atoms with van der Waals surface area (Å²) in [4.78, 5) is 0. The Morgan fingerprint density at radius 2 is 1.84 bits per heavy atom. The number of hydrogen-bond donors (Lipinski definition) is 0. The molecule has 0 aliphatic rings. The van der Waals surface area contributed by atoms with Crippen LogP contribution in [0.3, 0.4) is 0 Å². The highest BCUT2D eigenvalue weighted by Gasteiger charge is 2.38. The van der Waals surface area contributed by atoms with Crippen LogP contribution in [0.15, 0.2) is 10.2 Å². The zero-order valence-corrected chi connectivity index (χ0v) is 17.1. The average molecular weight is 396 g/mol. The fourth-order valence-corrected chi connectivity index (χ4v) is 3.62. The molecule has 0 amide bonds. The Morgan fingerprint density at radius 3 is 2.26 bits per heavy atom. The number of halogens is 1.